The lowest BCUT2D eigenvalue weighted by molar-refractivity contribution is 0.0944. The van der Waals surface area contributed by atoms with E-state index in [-0.39, 0.29) is 5.91 Å². The number of carbonyl (C=O) groups is 1. The molecule has 0 aliphatic heterocycles. The first-order valence-corrected chi connectivity index (χ1v) is 6.96. The van der Waals surface area contributed by atoms with Gasteiger partial charge in [-0.2, -0.15) is 0 Å². The standard InChI is InChI=1S/C15H19N3O3/c1-3-20-9-5-8-17-15(19)13-11(2)18-21-14(13)12-6-4-7-16-10-12/h4,6-7,10H,3,5,8-9H2,1-2H3,(H,17,19). The number of carbonyl (C=O) groups excluding carboxylic acids is 1. The van der Waals surface area contributed by atoms with Crippen LogP contribution in [0.25, 0.3) is 11.3 Å². The van der Waals surface area contributed by atoms with Gasteiger partial charge >= 0.3 is 0 Å². The van der Waals surface area contributed by atoms with E-state index in [0.29, 0.717) is 36.8 Å². The number of amides is 1. The van der Waals surface area contributed by atoms with Crippen LogP contribution in [-0.4, -0.2) is 35.8 Å². The molecule has 2 rings (SSSR count). The fourth-order valence-electron chi connectivity index (χ4n) is 1.94. The van der Waals surface area contributed by atoms with E-state index < -0.39 is 0 Å². The minimum absolute atomic E-state index is 0.191. The molecule has 0 radical (unpaired) electrons. The van der Waals surface area contributed by atoms with Crippen LogP contribution in [0.15, 0.2) is 29.0 Å². The number of nitrogens with zero attached hydrogens (tertiary/aromatic N) is 2. The molecule has 6 nitrogen and oxygen atoms in total. The molecule has 1 N–H and O–H groups in total. The lowest BCUT2D eigenvalue weighted by Gasteiger charge is -2.05. The van der Waals surface area contributed by atoms with Gasteiger partial charge in [0.25, 0.3) is 5.91 Å². The zero-order chi connectivity index (χ0) is 15.1. The highest BCUT2D eigenvalue weighted by Crippen LogP contribution is 2.25. The van der Waals surface area contributed by atoms with Crippen molar-refractivity contribution >= 4 is 5.91 Å². The van der Waals surface area contributed by atoms with Crippen molar-refractivity contribution in [2.75, 3.05) is 19.8 Å². The molecule has 0 aliphatic rings. The molecular formula is C15H19N3O3. The van der Waals surface area contributed by atoms with Gasteiger partial charge in [-0.15, -0.1) is 0 Å². The molecule has 0 atom stereocenters. The van der Waals surface area contributed by atoms with Gasteiger partial charge in [-0.25, -0.2) is 0 Å². The van der Waals surface area contributed by atoms with E-state index in [1.807, 2.05) is 13.0 Å². The number of hydrogen-bond donors (Lipinski definition) is 1. The van der Waals surface area contributed by atoms with Crippen molar-refractivity contribution in [1.82, 2.24) is 15.5 Å². The smallest absolute Gasteiger partial charge is 0.257 e. The highest BCUT2D eigenvalue weighted by molar-refractivity contribution is 6.00. The second-order valence-electron chi connectivity index (χ2n) is 4.52. The Morgan fingerprint density at radius 2 is 2.33 bits per heavy atom. The Labute approximate surface area is 123 Å². The molecule has 2 aromatic heterocycles. The predicted molar refractivity (Wildman–Crippen MR) is 77.9 cm³/mol. The predicted octanol–water partition coefficient (Wildman–Crippen LogP) is 2.20. The van der Waals surface area contributed by atoms with Crippen LogP contribution < -0.4 is 5.32 Å². The highest BCUT2D eigenvalue weighted by Gasteiger charge is 2.21. The first-order chi connectivity index (χ1) is 10.2. The minimum atomic E-state index is -0.191. The number of nitrogens with one attached hydrogen (secondary N) is 1. The van der Waals surface area contributed by atoms with E-state index in [2.05, 4.69) is 15.5 Å². The van der Waals surface area contributed by atoms with E-state index >= 15 is 0 Å². The monoisotopic (exact) mass is 289 g/mol. The quantitative estimate of drug-likeness (QED) is 0.791. The Kier molecular flexibility index (Phi) is 5.45. The maximum Gasteiger partial charge on any atom is 0.257 e. The molecule has 6 heteroatoms. The average molecular weight is 289 g/mol. The summed E-state index contributed by atoms with van der Waals surface area (Å²) in [5.41, 5.74) is 1.76. The topological polar surface area (TPSA) is 77.2 Å². The number of aryl methyl sites for hydroxylation is 1. The summed E-state index contributed by atoms with van der Waals surface area (Å²) >= 11 is 0. The number of ether oxygens (including phenoxy) is 1. The van der Waals surface area contributed by atoms with Crippen LogP contribution in [0.3, 0.4) is 0 Å². The Bertz CT molecular complexity index is 581. The second-order valence-corrected chi connectivity index (χ2v) is 4.52. The molecule has 112 valence electrons. The molecule has 1 amide bonds. The summed E-state index contributed by atoms with van der Waals surface area (Å²) in [4.78, 5) is 16.3. The van der Waals surface area contributed by atoms with Crippen LogP contribution in [0.1, 0.15) is 29.4 Å². The third-order valence-electron chi connectivity index (χ3n) is 2.97. The Morgan fingerprint density at radius 1 is 1.48 bits per heavy atom. The van der Waals surface area contributed by atoms with Gasteiger partial charge in [0.15, 0.2) is 5.76 Å². The Morgan fingerprint density at radius 3 is 3.05 bits per heavy atom. The normalized spacial score (nSPS) is 10.6. The summed E-state index contributed by atoms with van der Waals surface area (Å²) in [6, 6.07) is 3.62. The van der Waals surface area contributed by atoms with Crippen LogP contribution in [-0.2, 0) is 4.74 Å². The third-order valence-corrected chi connectivity index (χ3v) is 2.97. The number of rotatable bonds is 7. The van der Waals surface area contributed by atoms with Gasteiger partial charge in [0.2, 0.25) is 0 Å². The molecule has 0 saturated carbocycles. The molecule has 2 aromatic rings. The molecule has 0 bridgehead atoms. The summed E-state index contributed by atoms with van der Waals surface area (Å²) < 4.78 is 10.5. The van der Waals surface area contributed by atoms with E-state index in [4.69, 9.17) is 9.26 Å². The molecule has 0 aromatic carbocycles. The van der Waals surface area contributed by atoms with Crippen molar-refractivity contribution in [2.24, 2.45) is 0 Å². The van der Waals surface area contributed by atoms with Crippen LogP contribution in [0, 0.1) is 6.92 Å². The lowest BCUT2D eigenvalue weighted by atomic mass is 10.1. The zero-order valence-electron chi connectivity index (χ0n) is 12.3. The SMILES string of the molecule is CCOCCCNC(=O)c1c(C)noc1-c1cccnc1. The van der Waals surface area contributed by atoms with Crippen molar-refractivity contribution < 1.29 is 14.1 Å². The molecule has 0 unspecified atom stereocenters. The fourth-order valence-corrected chi connectivity index (χ4v) is 1.94. The molecule has 0 fully saturated rings. The largest absolute Gasteiger partial charge is 0.382 e. The van der Waals surface area contributed by atoms with Crippen LogP contribution >= 0.6 is 0 Å². The highest BCUT2D eigenvalue weighted by atomic mass is 16.5. The van der Waals surface area contributed by atoms with Crippen molar-refractivity contribution in [3.05, 3.63) is 35.8 Å². The Balaban J connectivity index is 2.06. The van der Waals surface area contributed by atoms with Gasteiger partial charge in [-0.3, -0.25) is 9.78 Å². The van der Waals surface area contributed by atoms with E-state index in [9.17, 15) is 4.79 Å². The Hall–Kier alpha value is -2.21. The van der Waals surface area contributed by atoms with E-state index in [1.165, 1.54) is 0 Å². The minimum Gasteiger partial charge on any atom is -0.382 e. The van der Waals surface area contributed by atoms with Crippen LogP contribution in [0.2, 0.25) is 0 Å². The molecule has 0 spiro atoms. The molecule has 0 aliphatic carbocycles. The maximum absolute atomic E-state index is 12.3. The van der Waals surface area contributed by atoms with Crippen molar-refractivity contribution in [2.45, 2.75) is 20.3 Å². The van der Waals surface area contributed by atoms with Crippen molar-refractivity contribution in [3.63, 3.8) is 0 Å². The van der Waals surface area contributed by atoms with Gasteiger partial charge in [0, 0.05) is 37.7 Å². The summed E-state index contributed by atoms with van der Waals surface area (Å²) in [7, 11) is 0. The van der Waals surface area contributed by atoms with Gasteiger partial charge in [0.05, 0.1) is 5.69 Å². The zero-order valence-corrected chi connectivity index (χ0v) is 12.3. The summed E-state index contributed by atoms with van der Waals surface area (Å²) in [5, 5.41) is 6.74. The molecular weight excluding hydrogens is 270 g/mol. The van der Waals surface area contributed by atoms with Crippen LogP contribution in [0.4, 0.5) is 0 Å². The lowest BCUT2D eigenvalue weighted by Crippen LogP contribution is -2.26. The number of hydrogen-bond acceptors (Lipinski definition) is 5. The van der Waals surface area contributed by atoms with Gasteiger partial charge in [-0.1, -0.05) is 5.16 Å². The van der Waals surface area contributed by atoms with E-state index in [0.717, 1.165) is 12.0 Å². The van der Waals surface area contributed by atoms with Crippen molar-refractivity contribution in [3.8, 4) is 11.3 Å². The number of pyridine rings is 1. The average Bonchev–Trinajstić information content (AvgIpc) is 2.89. The van der Waals surface area contributed by atoms with Gasteiger partial charge in [-0.05, 0) is 32.4 Å². The summed E-state index contributed by atoms with van der Waals surface area (Å²) in [6.07, 6.45) is 4.08. The van der Waals surface area contributed by atoms with Crippen molar-refractivity contribution in [1.29, 1.82) is 0 Å². The van der Waals surface area contributed by atoms with Gasteiger partial charge < -0.3 is 14.6 Å². The first kappa shape index (κ1) is 15.2. The molecule has 2 heterocycles. The summed E-state index contributed by atoms with van der Waals surface area (Å²) in [6.45, 7) is 5.56. The fraction of sp³-hybridized carbons (Fsp3) is 0.400. The van der Waals surface area contributed by atoms with Gasteiger partial charge in [0.1, 0.15) is 5.56 Å². The maximum atomic E-state index is 12.3. The van der Waals surface area contributed by atoms with E-state index in [1.54, 1.807) is 25.4 Å². The summed E-state index contributed by atoms with van der Waals surface area (Å²) in [5.74, 6) is 0.256. The first-order valence-electron chi connectivity index (χ1n) is 6.96. The molecule has 21 heavy (non-hydrogen) atoms. The van der Waals surface area contributed by atoms with Crippen LogP contribution in [0.5, 0.6) is 0 Å². The molecule has 0 saturated heterocycles. The second kappa shape index (κ2) is 7.54. The third kappa shape index (κ3) is 3.88. The number of aromatic nitrogens is 2.